The Balaban J connectivity index is 2.01. The van der Waals surface area contributed by atoms with E-state index in [4.69, 9.17) is 5.73 Å². The Bertz CT molecular complexity index is 438. The Kier molecular flexibility index (Phi) is 3.20. The Morgan fingerprint density at radius 3 is 2.78 bits per heavy atom. The molecule has 0 aromatic carbocycles. The molecule has 0 spiro atoms. The summed E-state index contributed by atoms with van der Waals surface area (Å²) in [5.41, 5.74) is 10.2. The quantitative estimate of drug-likeness (QED) is 0.802. The zero-order valence-electron chi connectivity index (χ0n) is 11.2. The van der Waals surface area contributed by atoms with Gasteiger partial charge in [0.2, 0.25) is 0 Å². The van der Waals surface area contributed by atoms with Gasteiger partial charge in [-0.2, -0.15) is 0 Å². The molecule has 1 saturated carbocycles. The lowest BCUT2D eigenvalue weighted by molar-refractivity contribution is 0.0731. The summed E-state index contributed by atoms with van der Waals surface area (Å²) in [6.07, 6.45) is 7.69. The Hall–Kier alpha value is -0.800. The molecule has 3 N–H and O–H groups in total. The van der Waals surface area contributed by atoms with Crippen molar-refractivity contribution in [1.82, 2.24) is 4.57 Å². The third-order valence-corrected chi connectivity index (χ3v) is 4.72. The van der Waals surface area contributed by atoms with Crippen LogP contribution in [0.1, 0.15) is 67.6 Å². The van der Waals surface area contributed by atoms with Crippen molar-refractivity contribution in [2.24, 2.45) is 5.73 Å². The molecule has 3 unspecified atom stereocenters. The summed E-state index contributed by atoms with van der Waals surface area (Å²) in [7, 11) is 0. The molecular formula is C15H24N2O. The summed E-state index contributed by atoms with van der Waals surface area (Å²) in [5, 5.41) is 10.3. The number of hydrogen-bond acceptors (Lipinski definition) is 2. The first-order chi connectivity index (χ1) is 8.68. The van der Waals surface area contributed by atoms with Crippen molar-refractivity contribution in [3.8, 4) is 0 Å². The van der Waals surface area contributed by atoms with Crippen molar-refractivity contribution in [2.45, 2.75) is 70.1 Å². The first-order valence-electron chi connectivity index (χ1n) is 7.32. The van der Waals surface area contributed by atoms with Crippen molar-refractivity contribution < 1.29 is 5.11 Å². The van der Waals surface area contributed by atoms with Gasteiger partial charge in [0.05, 0.1) is 12.1 Å². The average Bonchev–Trinajstić information content (AvgIpc) is 2.68. The minimum atomic E-state index is -0.174. The first-order valence-corrected chi connectivity index (χ1v) is 7.32. The molecule has 0 aliphatic heterocycles. The van der Waals surface area contributed by atoms with E-state index in [-0.39, 0.29) is 18.2 Å². The summed E-state index contributed by atoms with van der Waals surface area (Å²) >= 11 is 0. The molecule has 1 aromatic heterocycles. The van der Waals surface area contributed by atoms with E-state index in [1.54, 1.807) is 0 Å². The van der Waals surface area contributed by atoms with Crippen LogP contribution in [0.25, 0.3) is 0 Å². The lowest BCUT2D eigenvalue weighted by Gasteiger charge is -2.33. The number of aromatic nitrogens is 1. The number of fused-ring (bicyclic) bond motifs is 1. The van der Waals surface area contributed by atoms with Crippen LogP contribution in [0.2, 0.25) is 0 Å². The van der Waals surface area contributed by atoms with Crippen molar-refractivity contribution in [3.63, 3.8) is 0 Å². The Labute approximate surface area is 109 Å². The number of nitrogens with two attached hydrogens (primary N) is 1. The molecule has 3 atom stereocenters. The minimum absolute atomic E-state index is 0.174. The van der Waals surface area contributed by atoms with Gasteiger partial charge in [-0.1, -0.05) is 12.8 Å². The molecule has 1 fully saturated rings. The van der Waals surface area contributed by atoms with Crippen molar-refractivity contribution in [3.05, 3.63) is 23.0 Å². The molecule has 3 heteroatoms. The molecule has 2 aliphatic carbocycles. The maximum atomic E-state index is 10.3. The van der Waals surface area contributed by atoms with Gasteiger partial charge in [-0.15, -0.1) is 0 Å². The highest BCUT2D eigenvalue weighted by Crippen LogP contribution is 2.37. The van der Waals surface area contributed by atoms with Crippen LogP contribution in [0, 0.1) is 6.92 Å². The highest BCUT2D eigenvalue weighted by Gasteiger charge is 2.30. The fourth-order valence-electron chi connectivity index (χ4n) is 3.82. The van der Waals surface area contributed by atoms with Crippen LogP contribution in [0.15, 0.2) is 6.07 Å². The zero-order valence-corrected chi connectivity index (χ0v) is 11.2. The molecule has 1 aromatic rings. The SMILES string of the molecule is Cc1cc2c(n1C1CCCCC1O)CCCC2N. The summed E-state index contributed by atoms with van der Waals surface area (Å²) in [6.45, 7) is 2.16. The van der Waals surface area contributed by atoms with E-state index in [0.717, 1.165) is 25.7 Å². The molecule has 0 saturated heterocycles. The van der Waals surface area contributed by atoms with Gasteiger partial charge in [-0.05, 0) is 50.7 Å². The van der Waals surface area contributed by atoms with Crippen LogP contribution in [0.3, 0.4) is 0 Å². The fraction of sp³-hybridized carbons (Fsp3) is 0.733. The molecule has 2 aliphatic rings. The molecule has 0 bridgehead atoms. The van der Waals surface area contributed by atoms with Crippen LogP contribution in [-0.4, -0.2) is 15.8 Å². The monoisotopic (exact) mass is 248 g/mol. The smallest absolute Gasteiger partial charge is 0.0747 e. The van der Waals surface area contributed by atoms with E-state index in [2.05, 4.69) is 17.6 Å². The molecular weight excluding hydrogens is 224 g/mol. The van der Waals surface area contributed by atoms with E-state index in [0.29, 0.717) is 0 Å². The zero-order chi connectivity index (χ0) is 12.7. The number of rotatable bonds is 1. The molecule has 1 heterocycles. The minimum Gasteiger partial charge on any atom is -0.391 e. The normalized spacial score (nSPS) is 32.3. The summed E-state index contributed by atoms with van der Waals surface area (Å²) in [5.74, 6) is 0. The third kappa shape index (κ3) is 1.90. The first kappa shape index (κ1) is 12.2. The summed E-state index contributed by atoms with van der Waals surface area (Å²) in [6, 6.07) is 2.74. The van der Waals surface area contributed by atoms with Gasteiger partial charge in [0.1, 0.15) is 0 Å². The van der Waals surface area contributed by atoms with Gasteiger partial charge in [-0.25, -0.2) is 0 Å². The molecule has 0 radical (unpaired) electrons. The van der Waals surface area contributed by atoms with Gasteiger partial charge < -0.3 is 15.4 Å². The second-order valence-corrected chi connectivity index (χ2v) is 5.98. The number of nitrogens with zero attached hydrogens (tertiary/aromatic N) is 1. The van der Waals surface area contributed by atoms with E-state index in [9.17, 15) is 5.11 Å². The van der Waals surface area contributed by atoms with Crippen LogP contribution >= 0.6 is 0 Å². The number of aliphatic hydroxyl groups is 1. The Morgan fingerprint density at radius 1 is 1.22 bits per heavy atom. The topological polar surface area (TPSA) is 51.2 Å². The number of aliphatic hydroxyl groups excluding tert-OH is 1. The van der Waals surface area contributed by atoms with E-state index >= 15 is 0 Å². The molecule has 3 nitrogen and oxygen atoms in total. The predicted octanol–water partition coefficient (Wildman–Crippen LogP) is 2.61. The van der Waals surface area contributed by atoms with Gasteiger partial charge in [-0.3, -0.25) is 0 Å². The lowest BCUT2D eigenvalue weighted by Crippen LogP contribution is -2.30. The van der Waals surface area contributed by atoms with Gasteiger partial charge in [0.15, 0.2) is 0 Å². The molecule has 3 rings (SSSR count). The van der Waals surface area contributed by atoms with Crippen molar-refractivity contribution >= 4 is 0 Å². The Morgan fingerprint density at radius 2 is 2.00 bits per heavy atom. The lowest BCUT2D eigenvalue weighted by atomic mass is 9.90. The predicted molar refractivity (Wildman–Crippen MR) is 72.5 cm³/mol. The van der Waals surface area contributed by atoms with E-state index < -0.39 is 0 Å². The summed E-state index contributed by atoms with van der Waals surface area (Å²) < 4.78 is 2.40. The second-order valence-electron chi connectivity index (χ2n) is 5.98. The fourth-order valence-corrected chi connectivity index (χ4v) is 3.82. The maximum absolute atomic E-state index is 10.3. The highest BCUT2D eigenvalue weighted by atomic mass is 16.3. The van der Waals surface area contributed by atoms with E-state index in [1.165, 1.54) is 36.2 Å². The standard InChI is InChI=1S/C15H24N2O/c1-10-9-11-12(16)5-4-7-13(11)17(10)14-6-2-3-8-15(14)18/h9,12,14-15,18H,2-8,16H2,1H3. The maximum Gasteiger partial charge on any atom is 0.0747 e. The van der Waals surface area contributed by atoms with Crippen LogP contribution in [-0.2, 0) is 6.42 Å². The molecule has 18 heavy (non-hydrogen) atoms. The van der Waals surface area contributed by atoms with Crippen LogP contribution in [0.5, 0.6) is 0 Å². The van der Waals surface area contributed by atoms with E-state index in [1.807, 2.05) is 0 Å². The van der Waals surface area contributed by atoms with Gasteiger partial charge in [0.25, 0.3) is 0 Å². The van der Waals surface area contributed by atoms with Gasteiger partial charge >= 0.3 is 0 Å². The highest BCUT2D eigenvalue weighted by molar-refractivity contribution is 5.33. The second kappa shape index (κ2) is 4.71. The van der Waals surface area contributed by atoms with Crippen molar-refractivity contribution in [1.29, 1.82) is 0 Å². The molecule has 100 valence electrons. The average molecular weight is 248 g/mol. The number of hydrogen-bond donors (Lipinski definition) is 2. The molecule has 0 amide bonds. The largest absolute Gasteiger partial charge is 0.391 e. The van der Waals surface area contributed by atoms with Crippen molar-refractivity contribution in [2.75, 3.05) is 0 Å². The number of aryl methyl sites for hydroxylation is 1. The van der Waals surface area contributed by atoms with Crippen LogP contribution in [0.4, 0.5) is 0 Å². The van der Waals surface area contributed by atoms with Gasteiger partial charge in [0, 0.05) is 17.4 Å². The third-order valence-electron chi connectivity index (χ3n) is 4.72. The van der Waals surface area contributed by atoms with Crippen LogP contribution < -0.4 is 5.73 Å². The summed E-state index contributed by atoms with van der Waals surface area (Å²) in [4.78, 5) is 0.